The first-order valence-electron chi connectivity index (χ1n) is 13.1. The molecule has 0 spiro atoms. The van der Waals surface area contributed by atoms with E-state index in [2.05, 4.69) is 27.8 Å². The first-order chi connectivity index (χ1) is 18.8. The summed E-state index contributed by atoms with van der Waals surface area (Å²) in [5.74, 6) is -1.29. The molecule has 0 saturated carbocycles. The van der Waals surface area contributed by atoms with Crippen molar-refractivity contribution in [2.24, 2.45) is 0 Å². The Morgan fingerprint density at radius 2 is 2.00 bits per heavy atom. The van der Waals surface area contributed by atoms with Crippen LogP contribution in [0.5, 0.6) is 0 Å². The highest BCUT2D eigenvalue weighted by Gasteiger charge is 2.30. The maximum absolute atomic E-state index is 14.0. The summed E-state index contributed by atoms with van der Waals surface area (Å²) in [5, 5.41) is 14.7. The highest BCUT2D eigenvalue weighted by atomic mass is 32.2. The summed E-state index contributed by atoms with van der Waals surface area (Å²) in [6.07, 6.45) is 4.47. The molecule has 2 heterocycles. The number of ether oxygens (including phenoxy) is 1. The van der Waals surface area contributed by atoms with E-state index < -0.39 is 22.9 Å². The van der Waals surface area contributed by atoms with Crippen molar-refractivity contribution in [3.8, 4) is 0 Å². The van der Waals surface area contributed by atoms with Gasteiger partial charge in [0.1, 0.15) is 10.8 Å². The molecule has 1 aromatic carbocycles. The molecule has 12 heteroatoms. The average molecular weight is 574 g/mol. The van der Waals surface area contributed by atoms with Crippen LogP contribution in [0.4, 0.5) is 9.39 Å². The fourth-order valence-electron chi connectivity index (χ4n) is 4.31. The number of hydrogen-bond acceptors (Lipinski definition) is 8. The lowest BCUT2D eigenvalue weighted by molar-refractivity contribution is -0.115. The van der Waals surface area contributed by atoms with Crippen LogP contribution in [0.1, 0.15) is 77.0 Å². The van der Waals surface area contributed by atoms with Crippen molar-refractivity contribution in [1.82, 2.24) is 20.1 Å². The Labute approximate surface area is 234 Å². The number of halogens is 1. The topological polar surface area (TPSA) is 115 Å². The maximum Gasteiger partial charge on any atom is 0.341 e. The molecular formula is C27H32FN5O4S2. The van der Waals surface area contributed by atoms with Crippen LogP contribution in [0.15, 0.2) is 29.4 Å². The number of carbonyl (C=O) groups is 3. The largest absolute Gasteiger partial charge is 0.462 e. The van der Waals surface area contributed by atoms with Crippen molar-refractivity contribution in [2.45, 2.75) is 76.4 Å². The molecule has 2 aromatic heterocycles. The number of thiophene rings is 1. The summed E-state index contributed by atoms with van der Waals surface area (Å²) in [6, 6.07) is 5.78. The van der Waals surface area contributed by atoms with Gasteiger partial charge >= 0.3 is 5.97 Å². The zero-order chi connectivity index (χ0) is 27.9. The maximum atomic E-state index is 14.0. The zero-order valence-electron chi connectivity index (χ0n) is 22.2. The molecule has 1 unspecified atom stereocenters. The number of thioether (sulfide) groups is 1. The number of rotatable bonds is 12. The number of hydrogen-bond donors (Lipinski definition) is 2. The van der Waals surface area contributed by atoms with E-state index in [0.717, 1.165) is 42.5 Å². The number of unbranched alkanes of at least 4 members (excludes halogenated alkanes) is 1. The van der Waals surface area contributed by atoms with Crippen LogP contribution in [-0.2, 0) is 35.5 Å². The van der Waals surface area contributed by atoms with Gasteiger partial charge in [-0.2, -0.15) is 0 Å². The number of aromatic nitrogens is 3. The zero-order valence-corrected chi connectivity index (χ0v) is 23.8. The van der Waals surface area contributed by atoms with Gasteiger partial charge in [-0.3, -0.25) is 9.59 Å². The van der Waals surface area contributed by atoms with Crippen molar-refractivity contribution < 1.29 is 23.5 Å². The lowest BCUT2D eigenvalue weighted by Gasteiger charge is -2.14. The molecule has 2 N–H and O–H groups in total. The molecular weight excluding hydrogens is 541 g/mol. The quantitative estimate of drug-likeness (QED) is 0.232. The minimum absolute atomic E-state index is 0.0428. The summed E-state index contributed by atoms with van der Waals surface area (Å²) in [4.78, 5) is 39.4. The number of anilines is 1. The van der Waals surface area contributed by atoms with Crippen molar-refractivity contribution in [2.75, 3.05) is 11.9 Å². The average Bonchev–Trinajstić information content (AvgIpc) is 3.61. The number of aryl methyl sites for hydroxylation is 1. The van der Waals surface area contributed by atoms with Gasteiger partial charge < -0.3 is 19.9 Å². The van der Waals surface area contributed by atoms with Crippen molar-refractivity contribution in [1.29, 1.82) is 0 Å². The van der Waals surface area contributed by atoms with Gasteiger partial charge in [0.15, 0.2) is 11.0 Å². The standard InChI is InChI=1S/C27H32FN5O4S2/c1-4-6-14-33-21(15-29-24(35)17-10-7-8-12-19(17)28)31-32-27(33)38-16(3)23(34)30-25-22(26(36)37-5-2)18-11-9-13-20(18)39-25/h7-8,10,12,16H,4-6,9,11,13-15H2,1-3H3,(H,29,35)(H,30,34). The summed E-state index contributed by atoms with van der Waals surface area (Å²) >= 11 is 2.69. The van der Waals surface area contributed by atoms with Crippen LogP contribution < -0.4 is 10.6 Å². The van der Waals surface area contributed by atoms with Crippen molar-refractivity contribution >= 4 is 45.9 Å². The van der Waals surface area contributed by atoms with E-state index in [1.165, 1.54) is 41.3 Å². The summed E-state index contributed by atoms with van der Waals surface area (Å²) in [6.45, 7) is 6.52. The predicted molar refractivity (Wildman–Crippen MR) is 149 cm³/mol. The Bertz CT molecular complexity index is 1360. The van der Waals surface area contributed by atoms with Gasteiger partial charge in [-0.25, -0.2) is 9.18 Å². The second kappa shape index (κ2) is 13.2. The van der Waals surface area contributed by atoms with Gasteiger partial charge in [-0.05, 0) is 57.2 Å². The summed E-state index contributed by atoms with van der Waals surface area (Å²) in [5.41, 5.74) is 1.41. The van der Waals surface area contributed by atoms with E-state index in [4.69, 9.17) is 4.74 Å². The minimum Gasteiger partial charge on any atom is -0.462 e. The molecule has 3 aromatic rings. The van der Waals surface area contributed by atoms with Crippen LogP contribution in [0.25, 0.3) is 0 Å². The van der Waals surface area contributed by atoms with E-state index in [0.29, 0.717) is 28.1 Å². The Hall–Kier alpha value is -3.25. The lowest BCUT2D eigenvalue weighted by Crippen LogP contribution is -2.26. The molecule has 0 fully saturated rings. The van der Waals surface area contributed by atoms with Gasteiger partial charge in [-0.15, -0.1) is 21.5 Å². The van der Waals surface area contributed by atoms with Crippen LogP contribution in [0.2, 0.25) is 0 Å². The predicted octanol–water partition coefficient (Wildman–Crippen LogP) is 4.99. The molecule has 9 nitrogen and oxygen atoms in total. The highest BCUT2D eigenvalue weighted by Crippen LogP contribution is 2.40. The third-order valence-electron chi connectivity index (χ3n) is 6.34. The Kier molecular flexibility index (Phi) is 9.73. The summed E-state index contributed by atoms with van der Waals surface area (Å²) < 4.78 is 21.1. The van der Waals surface area contributed by atoms with Crippen LogP contribution >= 0.6 is 23.1 Å². The van der Waals surface area contributed by atoms with Gasteiger partial charge in [0.2, 0.25) is 5.91 Å². The molecule has 1 atom stereocenters. The summed E-state index contributed by atoms with van der Waals surface area (Å²) in [7, 11) is 0. The number of esters is 1. The smallest absolute Gasteiger partial charge is 0.341 e. The van der Waals surface area contributed by atoms with Gasteiger partial charge in [0, 0.05) is 11.4 Å². The van der Waals surface area contributed by atoms with Gasteiger partial charge in [-0.1, -0.05) is 37.2 Å². The molecule has 2 amide bonds. The van der Waals surface area contributed by atoms with E-state index >= 15 is 0 Å². The first kappa shape index (κ1) is 28.8. The van der Waals surface area contributed by atoms with Crippen molar-refractivity contribution in [3.63, 3.8) is 0 Å². The highest BCUT2D eigenvalue weighted by molar-refractivity contribution is 8.00. The number of carbonyl (C=O) groups excluding carboxylic acids is 3. The second-order valence-corrected chi connectivity index (χ2v) is 11.5. The molecule has 0 aliphatic heterocycles. The van der Waals surface area contributed by atoms with Crippen LogP contribution in [-0.4, -0.2) is 44.4 Å². The third-order valence-corrected chi connectivity index (χ3v) is 8.63. The van der Waals surface area contributed by atoms with Gasteiger partial charge in [0.05, 0.1) is 29.5 Å². The molecule has 0 bridgehead atoms. The normalized spacial score (nSPS) is 13.1. The first-order valence-corrected chi connectivity index (χ1v) is 14.8. The Morgan fingerprint density at radius 1 is 1.21 bits per heavy atom. The second-order valence-electron chi connectivity index (χ2n) is 9.10. The van der Waals surface area contributed by atoms with E-state index in [-0.39, 0.29) is 24.6 Å². The van der Waals surface area contributed by atoms with E-state index in [9.17, 15) is 18.8 Å². The molecule has 0 radical (unpaired) electrons. The fourth-order valence-corrected chi connectivity index (χ4v) is 6.49. The molecule has 208 valence electrons. The van der Waals surface area contributed by atoms with Crippen molar-refractivity contribution in [3.05, 3.63) is 57.5 Å². The number of fused-ring (bicyclic) bond motifs is 1. The Balaban J connectivity index is 1.46. The molecule has 1 aliphatic rings. The number of nitrogens with one attached hydrogen (secondary N) is 2. The molecule has 4 rings (SSSR count). The number of amides is 2. The van der Waals surface area contributed by atoms with Gasteiger partial charge in [0.25, 0.3) is 5.91 Å². The monoisotopic (exact) mass is 573 g/mol. The lowest BCUT2D eigenvalue weighted by atomic mass is 10.1. The molecule has 1 aliphatic carbocycles. The number of nitrogens with zero attached hydrogens (tertiary/aromatic N) is 3. The van der Waals surface area contributed by atoms with Crippen LogP contribution in [0.3, 0.4) is 0 Å². The Morgan fingerprint density at radius 3 is 2.74 bits per heavy atom. The van der Waals surface area contributed by atoms with E-state index in [1.54, 1.807) is 19.9 Å². The third kappa shape index (κ3) is 6.67. The fraction of sp³-hybridized carbons (Fsp3) is 0.444. The van der Waals surface area contributed by atoms with Crippen LogP contribution in [0, 0.1) is 5.82 Å². The van der Waals surface area contributed by atoms with E-state index in [1.807, 2.05) is 4.57 Å². The molecule has 39 heavy (non-hydrogen) atoms. The SMILES string of the molecule is CCCCn1c(CNC(=O)c2ccccc2F)nnc1SC(C)C(=O)Nc1sc2c(c1C(=O)OCC)CCC2. The molecule has 0 saturated heterocycles. The minimum atomic E-state index is -0.597. The number of benzene rings is 1.